The second-order valence-electron chi connectivity index (χ2n) is 7.46. The number of oxime groups is 1. The number of halogens is 1. The number of rotatable bonds is 12. The third-order valence-electron chi connectivity index (χ3n) is 4.98. The number of aliphatic hydroxyl groups is 1. The number of nitrogens with zero attached hydrogens (tertiary/aromatic N) is 2. The van der Waals surface area contributed by atoms with Crippen LogP contribution in [-0.4, -0.2) is 61.3 Å². The van der Waals surface area contributed by atoms with Crippen LogP contribution >= 0.6 is 11.6 Å². The standard InChI is InChI=1S/C24H29ClN2O4/c1-3-12-30-17-20(28)15-27(14-19-6-4-5-7-23(19)25)16-22-13-24(26-31-22)18-8-10-21(29-2)11-9-18/h3-11,20,22,28H,1,12-17H2,2H3/t20-,22-/m0/s1. The molecule has 0 bridgehead atoms. The third kappa shape index (κ3) is 7.08. The summed E-state index contributed by atoms with van der Waals surface area (Å²) in [6.07, 6.45) is 1.61. The summed E-state index contributed by atoms with van der Waals surface area (Å²) in [6.45, 7) is 5.90. The Labute approximate surface area is 188 Å². The van der Waals surface area contributed by atoms with Gasteiger partial charge in [0.15, 0.2) is 0 Å². The lowest BCUT2D eigenvalue weighted by molar-refractivity contribution is 0.00337. The van der Waals surface area contributed by atoms with E-state index in [4.69, 9.17) is 25.9 Å². The molecule has 0 unspecified atom stereocenters. The topological polar surface area (TPSA) is 63.5 Å². The van der Waals surface area contributed by atoms with E-state index in [9.17, 15) is 5.11 Å². The molecule has 0 saturated heterocycles. The molecule has 0 radical (unpaired) electrons. The number of ether oxygens (including phenoxy) is 2. The van der Waals surface area contributed by atoms with Gasteiger partial charge in [-0.25, -0.2) is 0 Å². The van der Waals surface area contributed by atoms with Crippen molar-refractivity contribution in [2.24, 2.45) is 5.16 Å². The van der Waals surface area contributed by atoms with Crippen LogP contribution in [0.15, 0.2) is 66.3 Å². The van der Waals surface area contributed by atoms with Gasteiger partial charge in [-0.2, -0.15) is 0 Å². The maximum absolute atomic E-state index is 10.4. The highest BCUT2D eigenvalue weighted by Crippen LogP contribution is 2.22. The summed E-state index contributed by atoms with van der Waals surface area (Å²) in [5.74, 6) is 0.804. The molecule has 3 rings (SSSR count). The van der Waals surface area contributed by atoms with Crippen LogP contribution in [-0.2, 0) is 16.1 Å². The number of hydrogen-bond donors (Lipinski definition) is 1. The van der Waals surface area contributed by atoms with E-state index in [1.54, 1.807) is 13.2 Å². The van der Waals surface area contributed by atoms with Gasteiger partial charge >= 0.3 is 0 Å². The van der Waals surface area contributed by atoms with E-state index in [0.29, 0.717) is 37.7 Å². The summed E-state index contributed by atoms with van der Waals surface area (Å²) in [5.41, 5.74) is 2.91. The minimum absolute atomic E-state index is 0.110. The normalized spacial score (nSPS) is 16.6. The zero-order valence-electron chi connectivity index (χ0n) is 17.7. The molecule has 0 aromatic heterocycles. The van der Waals surface area contributed by atoms with Crippen molar-refractivity contribution in [3.05, 3.63) is 77.3 Å². The number of methoxy groups -OCH3 is 1. The zero-order chi connectivity index (χ0) is 22.1. The van der Waals surface area contributed by atoms with Crippen molar-refractivity contribution in [2.75, 3.05) is 33.4 Å². The van der Waals surface area contributed by atoms with Crippen LogP contribution in [0.25, 0.3) is 0 Å². The smallest absolute Gasteiger partial charge is 0.145 e. The molecular formula is C24H29ClN2O4. The van der Waals surface area contributed by atoms with Gasteiger partial charge in [0.25, 0.3) is 0 Å². The summed E-state index contributed by atoms with van der Waals surface area (Å²) in [5, 5.41) is 15.4. The lowest BCUT2D eigenvalue weighted by Crippen LogP contribution is -2.39. The van der Waals surface area contributed by atoms with Gasteiger partial charge in [0.2, 0.25) is 0 Å². The first-order valence-corrected chi connectivity index (χ1v) is 10.7. The Balaban J connectivity index is 1.62. The summed E-state index contributed by atoms with van der Waals surface area (Å²) in [4.78, 5) is 7.84. The molecule has 2 atom stereocenters. The average Bonchev–Trinajstić information content (AvgIpc) is 3.24. The Morgan fingerprint density at radius 1 is 1.29 bits per heavy atom. The molecule has 6 nitrogen and oxygen atoms in total. The van der Waals surface area contributed by atoms with Crippen LogP contribution in [0.1, 0.15) is 17.5 Å². The zero-order valence-corrected chi connectivity index (χ0v) is 18.5. The molecule has 1 heterocycles. The van der Waals surface area contributed by atoms with Gasteiger partial charge in [0, 0.05) is 31.1 Å². The van der Waals surface area contributed by atoms with Crippen molar-refractivity contribution in [1.29, 1.82) is 0 Å². The minimum atomic E-state index is -0.634. The second-order valence-corrected chi connectivity index (χ2v) is 7.87. The van der Waals surface area contributed by atoms with Gasteiger partial charge in [-0.15, -0.1) is 6.58 Å². The summed E-state index contributed by atoms with van der Waals surface area (Å²) < 4.78 is 10.6. The van der Waals surface area contributed by atoms with Crippen molar-refractivity contribution in [2.45, 2.75) is 25.2 Å². The van der Waals surface area contributed by atoms with Crippen molar-refractivity contribution in [3.8, 4) is 5.75 Å². The first kappa shape index (κ1) is 23.3. The Morgan fingerprint density at radius 2 is 2.06 bits per heavy atom. The maximum Gasteiger partial charge on any atom is 0.145 e. The maximum atomic E-state index is 10.4. The van der Waals surface area contributed by atoms with Gasteiger partial charge in [0.1, 0.15) is 11.9 Å². The fraction of sp³-hybridized carbons (Fsp3) is 0.375. The van der Waals surface area contributed by atoms with Gasteiger partial charge < -0.3 is 19.4 Å². The largest absolute Gasteiger partial charge is 0.497 e. The highest BCUT2D eigenvalue weighted by Gasteiger charge is 2.26. The molecule has 166 valence electrons. The van der Waals surface area contributed by atoms with Crippen LogP contribution in [0.3, 0.4) is 0 Å². The second kappa shape index (κ2) is 11.9. The predicted octanol–water partition coefficient (Wildman–Crippen LogP) is 3.91. The Kier molecular flexibility index (Phi) is 8.91. The molecule has 2 aromatic carbocycles. The van der Waals surface area contributed by atoms with Crippen LogP contribution in [0.4, 0.5) is 0 Å². The highest BCUT2D eigenvalue weighted by molar-refractivity contribution is 6.31. The van der Waals surface area contributed by atoms with Gasteiger partial charge in [-0.1, -0.05) is 41.0 Å². The predicted molar refractivity (Wildman–Crippen MR) is 123 cm³/mol. The van der Waals surface area contributed by atoms with Crippen molar-refractivity contribution >= 4 is 17.3 Å². The van der Waals surface area contributed by atoms with E-state index >= 15 is 0 Å². The van der Waals surface area contributed by atoms with E-state index in [-0.39, 0.29) is 12.7 Å². The summed E-state index contributed by atoms with van der Waals surface area (Å²) >= 11 is 6.36. The molecule has 31 heavy (non-hydrogen) atoms. The molecule has 1 N–H and O–H groups in total. The number of benzene rings is 2. The molecule has 0 amide bonds. The first-order chi connectivity index (χ1) is 15.1. The molecule has 1 aliphatic heterocycles. The monoisotopic (exact) mass is 444 g/mol. The highest BCUT2D eigenvalue weighted by atomic mass is 35.5. The van der Waals surface area contributed by atoms with Crippen LogP contribution in [0.5, 0.6) is 5.75 Å². The lowest BCUT2D eigenvalue weighted by Gasteiger charge is -2.27. The van der Waals surface area contributed by atoms with Crippen molar-refractivity contribution < 1.29 is 19.4 Å². The minimum Gasteiger partial charge on any atom is -0.497 e. The Hall–Kier alpha value is -2.38. The fourth-order valence-electron chi connectivity index (χ4n) is 3.48. The molecule has 0 spiro atoms. The van der Waals surface area contributed by atoms with E-state index in [0.717, 1.165) is 22.6 Å². The third-order valence-corrected chi connectivity index (χ3v) is 5.35. The molecule has 7 heteroatoms. The lowest BCUT2D eigenvalue weighted by atomic mass is 10.0. The molecule has 2 aromatic rings. The van der Waals surface area contributed by atoms with Crippen LogP contribution in [0.2, 0.25) is 5.02 Å². The summed E-state index contributed by atoms with van der Waals surface area (Å²) in [7, 11) is 1.64. The number of hydrogen-bond acceptors (Lipinski definition) is 6. The van der Waals surface area contributed by atoms with E-state index in [1.165, 1.54) is 0 Å². The number of aliphatic hydroxyl groups excluding tert-OH is 1. The Bertz CT molecular complexity index is 872. The van der Waals surface area contributed by atoms with Gasteiger partial charge in [-0.3, -0.25) is 4.90 Å². The van der Waals surface area contributed by atoms with Crippen molar-refractivity contribution in [1.82, 2.24) is 4.90 Å². The van der Waals surface area contributed by atoms with E-state index in [2.05, 4.69) is 16.6 Å². The molecule has 0 fully saturated rings. The average molecular weight is 445 g/mol. The van der Waals surface area contributed by atoms with Crippen LogP contribution < -0.4 is 4.74 Å². The quantitative estimate of drug-likeness (QED) is 0.397. The van der Waals surface area contributed by atoms with E-state index < -0.39 is 6.10 Å². The molecule has 0 saturated carbocycles. The molecular weight excluding hydrogens is 416 g/mol. The molecule has 0 aliphatic carbocycles. The molecule has 1 aliphatic rings. The van der Waals surface area contributed by atoms with Crippen molar-refractivity contribution in [3.63, 3.8) is 0 Å². The summed E-state index contributed by atoms with van der Waals surface area (Å²) in [6, 6.07) is 15.5. The fourth-order valence-corrected chi connectivity index (χ4v) is 3.67. The Morgan fingerprint density at radius 3 is 2.77 bits per heavy atom. The van der Waals surface area contributed by atoms with E-state index in [1.807, 2.05) is 48.5 Å². The van der Waals surface area contributed by atoms with Crippen LogP contribution in [0, 0.1) is 0 Å². The van der Waals surface area contributed by atoms with Gasteiger partial charge in [0.05, 0.1) is 32.1 Å². The SMILES string of the molecule is C=CCOC[C@@H](O)CN(Cc1ccccc1Cl)C[C@@H]1CC(c2ccc(OC)cc2)=NO1. The first-order valence-electron chi connectivity index (χ1n) is 10.3. The van der Waals surface area contributed by atoms with Gasteiger partial charge in [-0.05, 0) is 41.5 Å².